The highest BCUT2D eigenvalue weighted by Crippen LogP contribution is 2.02. The molecule has 0 unspecified atom stereocenters. The van der Waals surface area contributed by atoms with Gasteiger partial charge in [-0.3, -0.25) is 14.9 Å². The molecule has 0 aliphatic heterocycles. The molecular formula is C9H11FN4O2S. The van der Waals surface area contributed by atoms with Crippen LogP contribution < -0.4 is 10.9 Å². The first-order chi connectivity index (χ1) is 8.08. The van der Waals surface area contributed by atoms with E-state index in [0.717, 1.165) is 16.4 Å². The number of amides is 1. The van der Waals surface area contributed by atoms with Gasteiger partial charge in [-0.05, 0) is 11.8 Å². The van der Waals surface area contributed by atoms with Crippen molar-refractivity contribution in [1.82, 2.24) is 15.1 Å². The fourth-order valence-electron chi connectivity index (χ4n) is 1.00. The van der Waals surface area contributed by atoms with Gasteiger partial charge < -0.3 is 0 Å². The zero-order valence-electron chi connectivity index (χ0n) is 9.31. The van der Waals surface area contributed by atoms with Crippen molar-refractivity contribution in [3.8, 4) is 0 Å². The van der Waals surface area contributed by atoms with E-state index in [1.165, 1.54) is 19.2 Å². The molecule has 0 aliphatic rings. The van der Waals surface area contributed by atoms with E-state index >= 15 is 0 Å². The molecule has 8 heteroatoms. The van der Waals surface area contributed by atoms with E-state index in [-0.39, 0.29) is 16.4 Å². The molecule has 1 N–H and O–H groups in total. The van der Waals surface area contributed by atoms with Crippen molar-refractivity contribution in [1.29, 1.82) is 0 Å². The van der Waals surface area contributed by atoms with Crippen LogP contribution in [0.2, 0.25) is 0 Å². The van der Waals surface area contributed by atoms with Crippen molar-refractivity contribution in [2.24, 2.45) is 12.3 Å². The van der Waals surface area contributed by atoms with Gasteiger partial charge in [-0.15, -0.1) is 0 Å². The van der Waals surface area contributed by atoms with E-state index in [0.29, 0.717) is 5.75 Å². The number of amidine groups is 1. The maximum atomic E-state index is 12.1. The summed E-state index contributed by atoms with van der Waals surface area (Å²) in [5.74, 6) is -0.0399. The van der Waals surface area contributed by atoms with Crippen molar-refractivity contribution in [3.63, 3.8) is 0 Å². The molecule has 0 aliphatic carbocycles. The quantitative estimate of drug-likeness (QED) is 0.619. The van der Waals surface area contributed by atoms with Crippen molar-refractivity contribution in [2.75, 3.05) is 5.75 Å². The fraction of sp³-hybridized carbons (Fsp3) is 0.333. The van der Waals surface area contributed by atoms with Gasteiger partial charge in [0.05, 0.1) is 0 Å². The Kier molecular flexibility index (Phi) is 4.83. The third-order valence-electron chi connectivity index (χ3n) is 1.77. The molecule has 1 amide bonds. The topological polar surface area (TPSA) is 76.3 Å². The normalized spacial score (nSPS) is 11.4. The molecule has 0 bridgehead atoms. The van der Waals surface area contributed by atoms with Crippen LogP contribution in [0.1, 0.15) is 17.4 Å². The first kappa shape index (κ1) is 13.4. The zero-order chi connectivity index (χ0) is 12.8. The van der Waals surface area contributed by atoms with E-state index in [2.05, 4.69) is 15.6 Å². The summed E-state index contributed by atoms with van der Waals surface area (Å²) in [5, 5.41) is 8.28. The third kappa shape index (κ3) is 3.66. The van der Waals surface area contributed by atoms with Crippen molar-refractivity contribution in [2.45, 2.75) is 6.92 Å². The Hall–Kier alpha value is -1.70. The van der Waals surface area contributed by atoms with Gasteiger partial charge in [-0.2, -0.15) is 5.10 Å². The molecule has 92 valence electrons. The van der Waals surface area contributed by atoms with Crippen LogP contribution in [0.4, 0.5) is 4.48 Å². The monoisotopic (exact) mass is 258 g/mol. The van der Waals surface area contributed by atoms with Gasteiger partial charge in [0.15, 0.2) is 0 Å². The Morgan fingerprint density at radius 2 is 2.35 bits per heavy atom. The van der Waals surface area contributed by atoms with Crippen LogP contribution in [0, 0.1) is 0 Å². The van der Waals surface area contributed by atoms with E-state index < -0.39 is 5.91 Å². The lowest BCUT2D eigenvalue weighted by atomic mass is 10.4. The minimum atomic E-state index is -0.613. The number of nitrogens with one attached hydrogen (secondary N) is 1. The summed E-state index contributed by atoms with van der Waals surface area (Å²) in [6, 6.07) is 2.48. The van der Waals surface area contributed by atoms with E-state index in [1.54, 1.807) is 6.92 Å². The predicted molar refractivity (Wildman–Crippen MR) is 63.6 cm³/mol. The SMILES string of the molecule is CCSC(=NF)NC(=O)c1ccc(=O)n(C)n1. The van der Waals surface area contributed by atoms with Gasteiger partial charge in [0.2, 0.25) is 5.17 Å². The molecule has 0 atom stereocenters. The second-order valence-corrected chi connectivity index (χ2v) is 4.21. The average Bonchev–Trinajstić information content (AvgIpc) is 2.31. The lowest BCUT2D eigenvalue weighted by molar-refractivity contribution is 0.0970. The standard InChI is InChI=1S/C9H11FN4O2S/c1-3-17-9(12-10)11-8(16)6-4-5-7(15)14(2)13-6/h4-5H,3H2,1-2H3,(H,11,12,16). The lowest BCUT2D eigenvalue weighted by Gasteiger charge is -2.05. The number of carbonyl (C=O) groups is 1. The highest BCUT2D eigenvalue weighted by atomic mass is 32.2. The molecule has 0 saturated carbocycles. The summed E-state index contributed by atoms with van der Waals surface area (Å²) >= 11 is 1.05. The molecule has 1 aromatic rings. The van der Waals surface area contributed by atoms with Crippen LogP contribution in [0.5, 0.6) is 0 Å². The van der Waals surface area contributed by atoms with Gasteiger partial charge in [0.1, 0.15) is 5.69 Å². The zero-order valence-corrected chi connectivity index (χ0v) is 10.1. The number of aryl methyl sites for hydroxylation is 1. The minimum Gasteiger partial charge on any atom is -0.298 e. The van der Waals surface area contributed by atoms with Gasteiger partial charge in [0, 0.05) is 13.1 Å². The molecule has 0 fully saturated rings. The van der Waals surface area contributed by atoms with Crippen LogP contribution in [0.25, 0.3) is 0 Å². The van der Waals surface area contributed by atoms with Crippen LogP contribution in [-0.4, -0.2) is 26.6 Å². The Morgan fingerprint density at radius 3 is 2.88 bits per heavy atom. The number of carbonyl (C=O) groups excluding carboxylic acids is 1. The summed E-state index contributed by atoms with van der Waals surface area (Å²) in [6.45, 7) is 1.80. The van der Waals surface area contributed by atoms with Gasteiger partial charge >= 0.3 is 0 Å². The van der Waals surface area contributed by atoms with Crippen molar-refractivity contribution in [3.05, 3.63) is 28.2 Å². The maximum Gasteiger partial charge on any atom is 0.277 e. The van der Waals surface area contributed by atoms with Gasteiger partial charge in [-0.25, -0.2) is 4.68 Å². The third-order valence-corrected chi connectivity index (χ3v) is 2.50. The first-order valence-electron chi connectivity index (χ1n) is 4.76. The predicted octanol–water partition coefficient (Wildman–Crippen LogP) is 0.504. The minimum absolute atomic E-state index is 0.0185. The summed E-state index contributed by atoms with van der Waals surface area (Å²) in [6.07, 6.45) is 0. The molecule has 1 heterocycles. The second kappa shape index (κ2) is 6.14. The van der Waals surface area contributed by atoms with Crippen LogP contribution in [0.15, 0.2) is 22.1 Å². The molecule has 1 rings (SSSR count). The number of thioether (sulfide) groups is 1. The molecule has 6 nitrogen and oxygen atoms in total. The lowest BCUT2D eigenvalue weighted by Crippen LogP contribution is -2.31. The number of nitrogens with zero attached hydrogens (tertiary/aromatic N) is 3. The van der Waals surface area contributed by atoms with Gasteiger partial charge in [-0.1, -0.05) is 28.4 Å². The summed E-state index contributed by atoms with van der Waals surface area (Å²) in [4.78, 5) is 22.7. The largest absolute Gasteiger partial charge is 0.298 e. The highest BCUT2D eigenvalue weighted by Gasteiger charge is 2.11. The average molecular weight is 258 g/mol. The fourth-order valence-corrected chi connectivity index (χ4v) is 1.49. The van der Waals surface area contributed by atoms with E-state index in [4.69, 9.17) is 0 Å². The Morgan fingerprint density at radius 1 is 1.65 bits per heavy atom. The van der Waals surface area contributed by atoms with Gasteiger partial charge in [0.25, 0.3) is 11.5 Å². The number of halogens is 1. The molecule has 1 aromatic heterocycles. The number of hydrogen-bond donors (Lipinski definition) is 1. The van der Waals surface area contributed by atoms with Crippen LogP contribution >= 0.6 is 11.8 Å². The molecule has 0 spiro atoms. The molecule has 0 radical (unpaired) electrons. The van der Waals surface area contributed by atoms with E-state index in [9.17, 15) is 14.1 Å². The highest BCUT2D eigenvalue weighted by molar-refractivity contribution is 8.13. The van der Waals surface area contributed by atoms with Crippen LogP contribution in [0.3, 0.4) is 0 Å². The summed E-state index contributed by atoms with van der Waals surface area (Å²) < 4.78 is 13.2. The van der Waals surface area contributed by atoms with Crippen LogP contribution in [-0.2, 0) is 7.05 Å². The molecule has 17 heavy (non-hydrogen) atoms. The van der Waals surface area contributed by atoms with E-state index in [1.807, 2.05) is 0 Å². The Labute approximate surface area is 101 Å². The maximum absolute atomic E-state index is 12.1. The molecule has 0 aromatic carbocycles. The Bertz CT molecular complexity index is 500. The van der Waals surface area contributed by atoms with Crippen molar-refractivity contribution < 1.29 is 9.28 Å². The smallest absolute Gasteiger partial charge is 0.277 e. The molecular weight excluding hydrogens is 247 g/mol. The Balaban J connectivity index is 2.83. The first-order valence-corrected chi connectivity index (χ1v) is 5.74. The van der Waals surface area contributed by atoms with Crippen molar-refractivity contribution >= 4 is 22.8 Å². The number of rotatable bonds is 2. The number of hydrogen-bond acceptors (Lipinski definition) is 5. The number of aromatic nitrogens is 2. The second-order valence-electron chi connectivity index (χ2n) is 2.96. The summed E-state index contributed by atoms with van der Waals surface area (Å²) in [5.41, 5.74) is -0.311. The summed E-state index contributed by atoms with van der Waals surface area (Å²) in [7, 11) is 1.42. The molecule has 0 saturated heterocycles.